The minimum absolute atomic E-state index is 0.188. The van der Waals surface area contributed by atoms with Crippen LogP contribution in [0.25, 0.3) is 11.0 Å². The minimum atomic E-state index is -3.06. The molecule has 2 aromatic carbocycles. The summed E-state index contributed by atoms with van der Waals surface area (Å²) >= 11 is 6.94. The number of likely N-dealkylation sites (tertiary alicyclic amines) is 1. The van der Waals surface area contributed by atoms with Crippen LogP contribution < -0.4 is 15.0 Å². The Morgan fingerprint density at radius 2 is 2.03 bits per heavy atom. The lowest BCUT2D eigenvalue weighted by Crippen LogP contribution is -2.36. The third-order valence-corrected chi connectivity index (χ3v) is 7.26. The Morgan fingerprint density at radius 1 is 1.26 bits per heavy atom. The fourth-order valence-corrected chi connectivity index (χ4v) is 5.59. The quantitative estimate of drug-likeness (QED) is 0.461. The van der Waals surface area contributed by atoms with Gasteiger partial charge in [0.05, 0.1) is 28.6 Å². The van der Waals surface area contributed by atoms with Crippen LogP contribution in [0.4, 0.5) is 20.4 Å². The topological polar surface area (TPSA) is 79.7 Å². The zero-order valence-corrected chi connectivity index (χ0v) is 21.7. The van der Waals surface area contributed by atoms with E-state index in [0.717, 1.165) is 12.8 Å². The summed E-state index contributed by atoms with van der Waals surface area (Å²) in [5.41, 5.74) is 1.64. The summed E-state index contributed by atoms with van der Waals surface area (Å²) in [4.78, 5) is 33.4. The Hall–Kier alpha value is -3.66. The van der Waals surface area contributed by atoms with Crippen molar-refractivity contribution in [2.45, 2.75) is 31.2 Å². The first-order chi connectivity index (χ1) is 18.2. The van der Waals surface area contributed by atoms with E-state index in [1.807, 2.05) is 10.6 Å². The van der Waals surface area contributed by atoms with Crippen LogP contribution in [0, 0.1) is 0 Å². The average Bonchev–Trinajstić information content (AvgIpc) is 3.01. The number of fused-ring (bicyclic) bond motifs is 2. The summed E-state index contributed by atoms with van der Waals surface area (Å²) in [5, 5.41) is 3.09. The largest absolute Gasteiger partial charge is 0.485 e. The maximum Gasteiger partial charge on any atom is 0.298 e. The first-order valence-corrected chi connectivity index (χ1v) is 12.8. The third kappa shape index (κ3) is 4.92. The zero-order chi connectivity index (χ0) is 27.0. The van der Waals surface area contributed by atoms with Gasteiger partial charge in [-0.3, -0.25) is 14.9 Å². The Labute approximate surface area is 223 Å². The van der Waals surface area contributed by atoms with Crippen molar-refractivity contribution < 1.29 is 23.1 Å². The van der Waals surface area contributed by atoms with Crippen LogP contribution in [0.5, 0.6) is 5.75 Å². The summed E-state index contributed by atoms with van der Waals surface area (Å²) in [7, 11) is 1.54. The number of benzene rings is 2. The highest BCUT2D eigenvalue weighted by Gasteiger charge is 2.38. The predicted molar refractivity (Wildman–Crippen MR) is 143 cm³/mol. The second kappa shape index (κ2) is 10.2. The molecule has 0 radical (unpaired) electrons. The summed E-state index contributed by atoms with van der Waals surface area (Å²) < 4.78 is 35.9. The number of anilines is 2. The highest BCUT2D eigenvalue weighted by atomic mass is 35.5. The van der Waals surface area contributed by atoms with Gasteiger partial charge in [-0.25, -0.2) is 13.8 Å². The highest BCUT2D eigenvalue weighted by molar-refractivity contribution is 6.38. The smallest absolute Gasteiger partial charge is 0.298 e. The summed E-state index contributed by atoms with van der Waals surface area (Å²) in [6.07, 6.45) is 3.61. The van der Waals surface area contributed by atoms with E-state index in [9.17, 15) is 18.4 Å². The van der Waals surface area contributed by atoms with E-state index in [1.54, 1.807) is 35.2 Å². The molecule has 5 rings (SSSR count). The highest BCUT2D eigenvalue weighted by Crippen LogP contribution is 2.46. The van der Waals surface area contributed by atoms with E-state index in [4.69, 9.17) is 16.3 Å². The Morgan fingerprint density at radius 3 is 2.76 bits per heavy atom. The fourth-order valence-electron chi connectivity index (χ4n) is 5.17. The maximum atomic E-state index is 14.3. The molecular formula is C27H28ClF2N5O3. The van der Waals surface area contributed by atoms with Gasteiger partial charge in [-0.2, -0.15) is 0 Å². The number of carbonyl (C=O) groups is 2. The van der Waals surface area contributed by atoms with Gasteiger partial charge >= 0.3 is 0 Å². The molecule has 11 heteroatoms. The SMILES string of the molecule is C=CC(=O)N1CCCCC(n2c(NC(=O)c3ccccc3)nc3cc4c(c(Cl)c32)N(C)CC(F)(F)CO4)C1. The van der Waals surface area contributed by atoms with E-state index in [0.29, 0.717) is 41.8 Å². The first-order valence-electron chi connectivity index (χ1n) is 12.4. The van der Waals surface area contributed by atoms with Gasteiger partial charge in [-0.05, 0) is 37.5 Å². The lowest BCUT2D eigenvalue weighted by molar-refractivity contribution is -0.126. The summed E-state index contributed by atoms with van der Waals surface area (Å²) in [6, 6.07) is 10.0. The fraction of sp³-hybridized carbons (Fsp3) is 0.370. The number of aromatic nitrogens is 2. The monoisotopic (exact) mass is 543 g/mol. The number of ether oxygens (including phenoxy) is 1. The molecule has 2 amide bonds. The Bertz CT molecular complexity index is 1390. The molecule has 0 bridgehead atoms. The molecule has 0 aliphatic carbocycles. The van der Waals surface area contributed by atoms with Crippen LogP contribution in [0.15, 0.2) is 49.1 Å². The molecule has 38 heavy (non-hydrogen) atoms. The lowest BCUT2D eigenvalue weighted by atomic mass is 10.1. The molecule has 0 spiro atoms. The van der Waals surface area contributed by atoms with Gasteiger partial charge < -0.3 is 19.1 Å². The van der Waals surface area contributed by atoms with Crippen molar-refractivity contribution in [1.29, 1.82) is 0 Å². The van der Waals surface area contributed by atoms with Gasteiger partial charge in [0.1, 0.15) is 11.4 Å². The zero-order valence-electron chi connectivity index (χ0n) is 20.9. The number of halogens is 3. The summed E-state index contributed by atoms with van der Waals surface area (Å²) in [6.45, 7) is 3.19. The number of alkyl halides is 2. The number of imidazole rings is 1. The van der Waals surface area contributed by atoms with Crippen molar-refractivity contribution in [2.24, 2.45) is 0 Å². The molecule has 200 valence electrons. The van der Waals surface area contributed by atoms with Crippen LogP contribution >= 0.6 is 11.6 Å². The molecule has 3 heterocycles. The van der Waals surface area contributed by atoms with Crippen molar-refractivity contribution >= 4 is 46.1 Å². The molecule has 2 aliphatic rings. The number of hydrogen-bond acceptors (Lipinski definition) is 5. The van der Waals surface area contributed by atoms with Gasteiger partial charge in [0.15, 0.2) is 6.61 Å². The van der Waals surface area contributed by atoms with Gasteiger partial charge in [0.2, 0.25) is 11.9 Å². The summed E-state index contributed by atoms with van der Waals surface area (Å²) in [5.74, 6) is -3.17. The molecule has 1 atom stereocenters. The third-order valence-electron chi connectivity index (χ3n) is 6.90. The Balaban J connectivity index is 1.67. The molecule has 1 fully saturated rings. The van der Waals surface area contributed by atoms with Crippen molar-refractivity contribution in [3.05, 3.63) is 59.6 Å². The maximum absolute atomic E-state index is 14.3. The van der Waals surface area contributed by atoms with E-state index in [1.165, 1.54) is 18.0 Å². The molecular weight excluding hydrogens is 516 g/mol. The van der Waals surface area contributed by atoms with E-state index in [2.05, 4.69) is 16.9 Å². The van der Waals surface area contributed by atoms with Crippen LogP contribution in [0.1, 0.15) is 35.7 Å². The standard InChI is InChI=1S/C27H28ClF2N5O3/c1-3-21(36)34-12-8-7-11-18(14-34)35-23-19(31-26(35)32-25(37)17-9-5-4-6-10-17)13-20-24(22(23)28)33(2)15-27(29,30)16-38-20/h3-6,9-10,13,18H,1,7-8,11-12,14-16H2,2H3,(H,31,32,37). The van der Waals surface area contributed by atoms with Gasteiger partial charge in [-0.15, -0.1) is 0 Å². The van der Waals surface area contributed by atoms with Crippen LogP contribution in [-0.4, -0.2) is 65.5 Å². The molecule has 1 N–H and O–H groups in total. The van der Waals surface area contributed by atoms with Gasteiger partial charge in [0, 0.05) is 31.8 Å². The van der Waals surface area contributed by atoms with Crippen molar-refractivity contribution in [3.63, 3.8) is 0 Å². The predicted octanol–water partition coefficient (Wildman–Crippen LogP) is 5.15. The minimum Gasteiger partial charge on any atom is -0.485 e. The van der Waals surface area contributed by atoms with E-state index >= 15 is 0 Å². The number of rotatable bonds is 4. The molecule has 3 aromatic rings. The molecule has 8 nitrogen and oxygen atoms in total. The van der Waals surface area contributed by atoms with E-state index in [-0.39, 0.29) is 34.6 Å². The van der Waals surface area contributed by atoms with Crippen molar-refractivity contribution in [1.82, 2.24) is 14.5 Å². The van der Waals surface area contributed by atoms with Crippen molar-refractivity contribution in [2.75, 3.05) is 43.5 Å². The van der Waals surface area contributed by atoms with Crippen LogP contribution in [-0.2, 0) is 4.79 Å². The molecule has 0 saturated carbocycles. The normalized spacial score (nSPS) is 19.2. The second-order valence-corrected chi connectivity index (χ2v) is 10.0. The number of nitrogens with zero attached hydrogens (tertiary/aromatic N) is 4. The number of hydrogen-bond donors (Lipinski definition) is 1. The molecule has 1 aromatic heterocycles. The molecule has 2 aliphatic heterocycles. The van der Waals surface area contributed by atoms with Gasteiger partial charge in [-0.1, -0.05) is 36.4 Å². The Kier molecular flexibility index (Phi) is 7.00. The first kappa shape index (κ1) is 26.0. The molecule has 1 unspecified atom stereocenters. The number of nitrogens with one attached hydrogen (secondary N) is 1. The van der Waals surface area contributed by atoms with Crippen LogP contribution in [0.3, 0.4) is 0 Å². The van der Waals surface area contributed by atoms with E-state index < -0.39 is 19.1 Å². The number of carbonyl (C=O) groups excluding carboxylic acids is 2. The number of amides is 2. The van der Waals surface area contributed by atoms with Crippen LogP contribution in [0.2, 0.25) is 5.02 Å². The van der Waals surface area contributed by atoms with Gasteiger partial charge in [0.25, 0.3) is 11.8 Å². The molecule has 1 saturated heterocycles. The van der Waals surface area contributed by atoms with Crippen molar-refractivity contribution in [3.8, 4) is 5.75 Å². The average molecular weight is 544 g/mol. The lowest BCUT2D eigenvalue weighted by Gasteiger charge is -2.27. The second-order valence-electron chi connectivity index (χ2n) is 9.67.